The van der Waals surface area contributed by atoms with Crippen LogP contribution >= 0.6 is 27.5 Å². The standard InChI is InChI=1S/C13H8BrClFNO3/c14-11-3-1-9(16)6-13(11)20-10-2-4-12(17(18)19)8(5-10)7-15/h1-6H,7H2. The van der Waals surface area contributed by atoms with E-state index in [0.717, 1.165) is 0 Å². The van der Waals surface area contributed by atoms with Crippen LogP contribution in [0.15, 0.2) is 40.9 Å². The third-order valence-corrected chi connectivity index (χ3v) is 3.46. The lowest BCUT2D eigenvalue weighted by Gasteiger charge is -2.09. The monoisotopic (exact) mass is 359 g/mol. The Bertz CT molecular complexity index is 666. The van der Waals surface area contributed by atoms with Gasteiger partial charge in [0.15, 0.2) is 0 Å². The molecule has 2 aromatic rings. The van der Waals surface area contributed by atoms with Crippen LogP contribution in [0.4, 0.5) is 10.1 Å². The molecular formula is C13H8BrClFNO3. The summed E-state index contributed by atoms with van der Waals surface area (Å²) in [6.07, 6.45) is 0. The molecule has 0 aliphatic carbocycles. The molecule has 0 radical (unpaired) electrons. The minimum Gasteiger partial charge on any atom is -0.456 e. The van der Waals surface area contributed by atoms with Crippen LogP contribution in [0, 0.1) is 15.9 Å². The zero-order valence-electron chi connectivity index (χ0n) is 9.98. The molecule has 2 rings (SSSR count). The lowest BCUT2D eigenvalue weighted by Crippen LogP contribution is -1.95. The van der Waals surface area contributed by atoms with Gasteiger partial charge in [0.1, 0.15) is 17.3 Å². The molecule has 0 aliphatic heterocycles. The van der Waals surface area contributed by atoms with Gasteiger partial charge in [0.2, 0.25) is 0 Å². The zero-order chi connectivity index (χ0) is 14.7. The van der Waals surface area contributed by atoms with Crippen molar-refractivity contribution in [3.8, 4) is 11.5 Å². The molecule has 0 saturated carbocycles. The van der Waals surface area contributed by atoms with Crippen molar-refractivity contribution >= 4 is 33.2 Å². The van der Waals surface area contributed by atoms with Crippen molar-refractivity contribution in [1.82, 2.24) is 0 Å². The normalized spacial score (nSPS) is 10.3. The van der Waals surface area contributed by atoms with Crippen LogP contribution in [0.25, 0.3) is 0 Å². The van der Waals surface area contributed by atoms with Crippen molar-refractivity contribution in [3.63, 3.8) is 0 Å². The topological polar surface area (TPSA) is 52.4 Å². The second-order valence-electron chi connectivity index (χ2n) is 3.86. The van der Waals surface area contributed by atoms with E-state index in [-0.39, 0.29) is 17.3 Å². The Hall–Kier alpha value is -1.66. The van der Waals surface area contributed by atoms with Gasteiger partial charge in [0.25, 0.3) is 5.69 Å². The van der Waals surface area contributed by atoms with Gasteiger partial charge in [0.05, 0.1) is 15.3 Å². The van der Waals surface area contributed by atoms with E-state index in [1.165, 1.54) is 36.4 Å². The van der Waals surface area contributed by atoms with E-state index in [4.69, 9.17) is 16.3 Å². The molecule has 0 unspecified atom stereocenters. The number of nitro benzene ring substituents is 1. The van der Waals surface area contributed by atoms with Crippen LogP contribution in [-0.2, 0) is 5.88 Å². The molecule has 0 aromatic heterocycles. The first-order valence-electron chi connectivity index (χ1n) is 5.47. The lowest BCUT2D eigenvalue weighted by molar-refractivity contribution is -0.385. The predicted octanol–water partition coefficient (Wildman–Crippen LogP) is 5.03. The number of hydrogen-bond acceptors (Lipinski definition) is 3. The summed E-state index contributed by atoms with van der Waals surface area (Å²) in [6, 6.07) is 8.22. The fourth-order valence-corrected chi connectivity index (χ4v) is 2.13. The van der Waals surface area contributed by atoms with E-state index >= 15 is 0 Å². The second-order valence-corrected chi connectivity index (χ2v) is 4.98. The van der Waals surface area contributed by atoms with E-state index in [9.17, 15) is 14.5 Å². The number of hydrogen-bond donors (Lipinski definition) is 0. The minimum atomic E-state index is -0.514. The Kier molecular flexibility index (Phi) is 4.57. The van der Waals surface area contributed by atoms with Gasteiger partial charge in [-0.15, -0.1) is 11.6 Å². The molecule has 20 heavy (non-hydrogen) atoms. The summed E-state index contributed by atoms with van der Waals surface area (Å²) >= 11 is 8.91. The smallest absolute Gasteiger partial charge is 0.274 e. The maximum absolute atomic E-state index is 13.2. The summed E-state index contributed by atoms with van der Waals surface area (Å²) in [5.41, 5.74) is 0.257. The molecule has 0 spiro atoms. The Morgan fingerprint density at radius 1 is 1.30 bits per heavy atom. The van der Waals surface area contributed by atoms with Gasteiger partial charge >= 0.3 is 0 Å². The van der Waals surface area contributed by atoms with E-state index in [1.807, 2.05) is 0 Å². The van der Waals surface area contributed by atoms with Crippen molar-refractivity contribution in [2.24, 2.45) is 0 Å². The molecule has 0 saturated heterocycles. The maximum atomic E-state index is 13.2. The quantitative estimate of drug-likeness (QED) is 0.436. The van der Waals surface area contributed by atoms with Crippen molar-refractivity contribution < 1.29 is 14.1 Å². The van der Waals surface area contributed by atoms with Crippen LogP contribution in [0.5, 0.6) is 11.5 Å². The highest BCUT2D eigenvalue weighted by atomic mass is 79.9. The number of nitro groups is 1. The first-order valence-corrected chi connectivity index (χ1v) is 6.80. The molecule has 0 atom stereocenters. The number of rotatable bonds is 4. The zero-order valence-corrected chi connectivity index (χ0v) is 12.3. The number of halogens is 3. The SMILES string of the molecule is O=[N+]([O-])c1ccc(Oc2cc(F)ccc2Br)cc1CCl. The highest BCUT2D eigenvalue weighted by Crippen LogP contribution is 2.33. The van der Waals surface area contributed by atoms with Crippen molar-refractivity contribution in [2.45, 2.75) is 5.88 Å². The van der Waals surface area contributed by atoms with E-state index in [1.54, 1.807) is 0 Å². The summed E-state index contributed by atoms with van der Waals surface area (Å²) in [5, 5.41) is 10.8. The number of ether oxygens (including phenoxy) is 1. The number of nitrogens with zero attached hydrogens (tertiary/aromatic N) is 1. The summed E-state index contributed by atoms with van der Waals surface area (Å²) in [5.74, 6) is 0.164. The Labute approximate surface area is 127 Å². The molecule has 104 valence electrons. The first kappa shape index (κ1) is 14.7. The van der Waals surface area contributed by atoms with Crippen LogP contribution in [0.3, 0.4) is 0 Å². The fourth-order valence-electron chi connectivity index (χ4n) is 1.59. The van der Waals surface area contributed by atoms with Crippen LogP contribution in [0.2, 0.25) is 0 Å². The Morgan fingerprint density at radius 3 is 2.70 bits per heavy atom. The van der Waals surface area contributed by atoms with Gasteiger partial charge in [-0.05, 0) is 40.2 Å². The number of alkyl halides is 1. The number of benzene rings is 2. The van der Waals surface area contributed by atoms with Crippen molar-refractivity contribution in [2.75, 3.05) is 0 Å². The molecule has 7 heteroatoms. The highest BCUT2D eigenvalue weighted by Gasteiger charge is 2.14. The summed E-state index contributed by atoms with van der Waals surface area (Å²) in [4.78, 5) is 10.3. The molecule has 0 N–H and O–H groups in total. The van der Waals surface area contributed by atoms with E-state index < -0.39 is 10.7 Å². The van der Waals surface area contributed by atoms with Crippen LogP contribution in [-0.4, -0.2) is 4.92 Å². The van der Waals surface area contributed by atoms with Crippen LogP contribution in [0.1, 0.15) is 5.56 Å². The van der Waals surface area contributed by atoms with E-state index in [2.05, 4.69) is 15.9 Å². The average Bonchev–Trinajstić information content (AvgIpc) is 2.42. The summed E-state index contributed by atoms with van der Waals surface area (Å²) in [7, 11) is 0. The molecule has 0 bridgehead atoms. The molecule has 0 amide bonds. The van der Waals surface area contributed by atoms with Crippen LogP contribution < -0.4 is 4.74 Å². The van der Waals surface area contributed by atoms with Gasteiger partial charge in [0, 0.05) is 17.7 Å². The molecule has 2 aromatic carbocycles. The predicted molar refractivity (Wildman–Crippen MR) is 76.8 cm³/mol. The first-order chi connectivity index (χ1) is 9.51. The highest BCUT2D eigenvalue weighted by molar-refractivity contribution is 9.10. The third kappa shape index (κ3) is 3.26. The van der Waals surface area contributed by atoms with Gasteiger partial charge in [-0.3, -0.25) is 10.1 Å². The van der Waals surface area contributed by atoms with Crippen molar-refractivity contribution in [3.05, 3.63) is 62.4 Å². The molecule has 0 fully saturated rings. The Balaban J connectivity index is 2.34. The second kappa shape index (κ2) is 6.19. The lowest BCUT2D eigenvalue weighted by atomic mass is 10.2. The molecular weight excluding hydrogens is 353 g/mol. The fraction of sp³-hybridized carbons (Fsp3) is 0.0769. The summed E-state index contributed by atoms with van der Waals surface area (Å²) < 4.78 is 19.2. The van der Waals surface area contributed by atoms with E-state index in [0.29, 0.717) is 15.8 Å². The largest absolute Gasteiger partial charge is 0.456 e. The molecule has 0 heterocycles. The summed E-state index contributed by atoms with van der Waals surface area (Å²) in [6.45, 7) is 0. The van der Waals surface area contributed by atoms with Gasteiger partial charge in [-0.1, -0.05) is 0 Å². The van der Waals surface area contributed by atoms with Gasteiger partial charge in [-0.2, -0.15) is 0 Å². The van der Waals surface area contributed by atoms with Crippen molar-refractivity contribution in [1.29, 1.82) is 0 Å². The van der Waals surface area contributed by atoms with Gasteiger partial charge < -0.3 is 4.74 Å². The minimum absolute atomic E-state index is 0.0160. The molecule has 0 aliphatic rings. The third-order valence-electron chi connectivity index (χ3n) is 2.51. The Morgan fingerprint density at radius 2 is 2.05 bits per heavy atom. The molecule has 4 nitrogen and oxygen atoms in total. The average molecular weight is 361 g/mol. The maximum Gasteiger partial charge on any atom is 0.274 e. The van der Waals surface area contributed by atoms with Gasteiger partial charge in [-0.25, -0.2) is 4.39 Å².